The van der Waals surface area contributed by atoms with E-state index in [0.29, 0.717) is 17.5 Å². The molecule has 3 rings (SSSR count). The van der Waals surface area contributed by atoms with Crippen molar-refractivity contribution in [2.75, 3.05) is 0 Å². The van der Waals surface area contributed by atoms with Crippen molar-refractivity contribution in [2.45, 2.75) is 17.8 Å². The molecule has 5 nitrogen and oxygen atoms in total. The molecule has 0 aromatic carbocycles. The van der Waals surface area contributed by atoms with Gasteiger partial charge in [0.2, 0.25) is 11.8 Å². The highest BCUT2D eigenvalue weighted by Crippen LogP contribution is 2.21. The lowest BCUT2D eigenvalue weighted by atomic mass is 10.4. The van der Waals surface area contributed by atoms with Crippen LogP contribution in [0.1, 0.15) is 11.8 Å². The lowest BCUT2D eigenvalue weighted by molar-refractivity contribution is 0.485. The first-order chi connectivity index (χ1) is 8.33. The fourth-order valence-corrected chi connectivity index (χ4v) is 2.35. The molecule has 0 amide bonds. The van der Waals surface area contributed by atoms with E-state index in [4.69, 9.17) is 4.42 Å². The fourth-order valence-electron chi connectivity index (χ4n) is 1.55. The molecule has 6 heteroatoms. The van der Waals surface area contributed by atoms with Crippen LogP contribution in [-0.4, -0.2) is 19.6 Å². The molecule has 0 aliphatic carbocycles. The molecule has 0 saturated carbocycles. The second-order valence-corrected chi connectivity index (χ2v) is 4.48. The standard InChI is InChI=1S/C11H10N4OS/c1-8-13-14-10(16-8)7-17-11-12-6-9-4-2-3-5-15(9)11/h2-6H,7H2,1H3. The predicted octanol–water partition coefficient (Wildman–Crippen LogP) is 2.32. The summed E-state index contributed by atoms with van der Waals surface area (Å²) in [5.74, 6) is 1.85. The quantitative estimate of drug-likeness (QED) is 0.664. The number of aromatic nitrogens is 4. The van der Waals surface area contributed by atoms with Gasteiger partial charge in [-0.3, -0.25) is 4.40 Å². The molecule has 0 aliphatic rings. The Labute approximate surface area is 102 Å². The first-order valence-corrected chi connectivity index (χ1v) is 6.15. The molecule has 3 heterocycles. The summed E-state index contributed by atoms with van der Waals surface area (Å²) in [6.45, 7) is 1.78. The third-order valence-corrected chi connectivity index (χ3v) is 3.25. The molecule has 0 fully saturated rings. The molecule has 0 saturated heterocycles. The number of hydrogen-bond donors (Lipinski definition) is 0. The van der Waals surface area contributed by atoms with E-state index < -0.39 is 0 Å². The first-order valence-electron chi connectivity index (χ1n) is 5.17. The van der Waals surface area contributed by atoms with Crippen LogP contribution < -0.4 is 0 Å². The number of aryl methyl sites for hydroxylation is 1. The van der Waals surface area contributed by atoms with Gasteiger partial charge >= 0.3 is 0 Å². The molecule has 0 radical (unpaired) electrons. The third kappa shape index (κ3) is 2.03. The van der Waals surface area contributed by atoms with Crippen LogP contribution in [0.5, 0.6) is 0 Å². The molecule has 86 valence electrons. The molecule has 0 atom stereocenters. The van der Waals surface area contributed by atoms with E-state index in [1.165, 1.54) is 0 Å². The number of thioether (sulfide) groups is 1. The van der Waals surface area contributed by atoms with Crippen LogP contribution in [0.3, 0.4) is 0 Å². The summed E-state index contributed by atoms with van der Waals surface area (Å²) in [6.07, 6.45) is 3.84. The molecule has 17 heavy (non-hydrogen) atoms. The molecule has 3 aromatic heterocycles. The van der Waals surface area contributed by atoms with Gasteiger partial charge in [0.05, 0.1) is 17.5 Å². The molecule has 0 spiro atoms. The number of fused-ring (bicyclic) bond motifs is 1. The van der Waals surface area contributed by atoms with Gasteiger partial charge in [0.1, 0.15) is 0 Å². The van der Waals surface area contributed by atoms with Gasteiger partial charge in [-0.15, -0.1) is 10.2 Å². The minimum atomic E-state index is 0.591. The summed E-state index contributed by atoms with van der Waals surface area (Å²) >= 11 is 1.58. The van der Waals surface area contributed by atoms with Gasteiger partial charge in [-0.2, -0.15) is 0 Å². The van der Waals surface area contributed by atoms with Crippen molar-refractivity contribution in [2.24, 2.45) is 0 Å². The van der Waals surface area contributed by atoms with Gasteiger partial charge in [0.15, 0.2) is 5.16 Å². The highest BCUT2D eigenvalue weighted by atomic mass is 32.2. The number of nitrogens with zero attached hydrogens (tertiary/aromatic N) is 4. The van der Waals surface area contributed by atoms with E-state index in [1.54, 1.807) is 18.7 Å². The summed E-state index contributed by atoms with van der Waals surface area (Å²) in [5, 5.41) is 8.67. The van der Waals surface area contributed by atoms with Gasteiger partial charge < -0.3 is 4.42 Å². The average Bonchev–Trinajstić information content (AvgIpc) is 2.93. The van der Waals surface area contributed by atoms with Crippen molar-refractivity contribution < 1.29 is 4.42 Å². The molecule has 0 bridgehead atoms. The summed E-state index contributed by atoms with van der Waals surface area (Å²) in [6, 6.07) is 6.00. The Kier molecular flexibility index (Phi) is 2.56. The van der Waals surface area contributed by atoms with E-state index in [1.807, 2.05) is 35.0 Å². The second kappa shape index (κ2) is 4.21. The van der Waals surface area contributed by atoms with Crippen LogP contribution in [0.4, 0.5) is 0 Å². The highest BCUT2D eigenvalue weighted by molar-refractivity contribution is 7.98. The molecule has 0 unspecified atom stereocenters. The summed E-state index contributed by atoms with van der Waals surface area (Å²) < 4.78 is 7.35. The molecule has 3 aromatic rings. The number of pyridine rings is 1. The predicted molar refractivity (Wildman–Crippen MR) is 63.8 cm³/mol. The Morgan fingerprint density at radius 1 is 1.35 bits per heavy atom. The van der Waals surface area contributed by atoms with Crippen molar-refractivity contribution in [3.8, 4) is 0 Å². The van der Waals surface area contributed by atoms with E-state index >= 15 is 0 Å². The number of hydrogen-bond acceptors (Lipinski definition) is 5. The Bertz CT molecular complexity index is 646. The van der Waals surface area contributed by atoms with Crippen LogP contribution in [0.25, 0.3) is 5.52 Å². The highest BCUT2D eigenvalue weighted by Gasteiger charge is 2.07. The maximum Gasteiger partial charge on any atom is 0.226 e. The monoisotopic (exact) mass is 246 g/mol. The molecular weight excluding hydrogens is 236 g/mol. The van der Waals surface area contributed by atoms with Crippen LogP contribution in [-0.2, 0) is 5.75 Å². The Hall–Kier alpha value is -1.82. The van der Waals surface area contributed by atoms with E-state index in [-0.39, 0.29) is 0 Å². The van der Waals surface area contributed by atoms with Crippen LogP contribution in [0, 0.1) is 6.92 Å². The van der Waals surface area contributed by atoms with E-state index in [9.17, 15) is 0 Å². The Morgan fingerprint density at radius 2 is 2.29 bits per heavy atom. The first kappa shape index (κ1) is 10.3. The zero-order chi connectivity index (χ0) is 11.7. The van der Waals surface area contributed by atoms with Crippen molar-refractivity contribution in [1.29, 1.82) is 0 Å². The normalized spacial score (nSPS) is 11.1. The van der Waals surface area contributed by atoms with E-state index in [0.717, 1.165) is 10.7 Å². The maximum absolute atomic E-state index is 5.31. The van der Waals surface area contributed by atoms with Gasteiger partial charge in [0, 0.05) is 13.1 Å². The Balaban J connectivity index is 1.81. The third-order valence-electron chi connectivity index (χ3n) is 2.30. The van der Waals surface area contributed by atoms with Gasteiger partial charge in [-0.25, -0.2) is 4.98 Å². The fraction of sp³-hybridized carbons (Fsp3) is 0.182. The lowest BCUT2D eigenvalue weighted by Crippen LogP contribution is -1.87. The van der Waals surface area contributed by atoms with Gasteiger partial charge in [-0.1, -0.05) is 17.8 Å². The zero-order valence-electron chi connectivity index (χ0n) is 9.20. The number of rotatable bonds is 3. The molecule has 0 aliphatic heterocycles. The van der Waals surface area contributed by atoms with Crippen LogP contribution in [0.2, 0.25) is 0 Å². The topological polar surface area (TPSA) is 56.2 Å². The van der Waals surface area contributed by atoms with Crippen molar-refractivity contribution >= 4 is 17.3 Å². The van der Waals surface area contributed by atoms with Crippen molar-refractivity contribution in [3.63, 3.8) is 0 Å². The maximum atomic E-state index is 5.31. The average molecular weight is 246 g/mol. The largest absolute Gasteiger partial charge is 0.425 e. The minimum absolute atomic E-state index is 0.591. The lowest BCUT2D eigenvalue weighted by Gasteiger charge is -1.97. The van der Waals surface area contributed by atoms with Gasteiger partial charge in [0.25, 0.3) is 0 Å². The number of imidazole rings is 1. The summed E-state index contributed by atoms with van der Waals surface area (Å²) in [5.41, 5.74) is 1.08. The summed E-state index contributed by atoms with van der Waals surface area (Å²) in [7, 11) is 0. The molecular formula is C11H10N4OS. The van der Waals surface area contributed by atoms with E-state index in [2.05, 4.69) is 15.2 Å². The van der Waals surface area contributed by atoms with Crippen molar-refractivity contribution in [1.82, 2.24) is 19.6 Å². The smallest absolute Gasteiger partial charge is 0.226 e. The Morgan fingerprint density at radius 3 is 3.12 bits per heavy atom. The molecule has 0 N–H and O–H groups in total. The van der Waals surface area contributed by atoms with Crippen molar-refractivity contribution in [3.05, 3.63) is 42.4 Å². The van der Waals surface area contributed by atoms with Gasteiger partial charge in [-0.05, 0) is 12.1 Å². The minimum Gasteiger partial charge on any atom is -0.425 e. The SMILES string of the molecule is Cc1nnc(CSc2ncc3ccccn23)o1. The zero-order valence-corrected chi connectivity index (χ0v) is 10.0. The summed E-state index contributed by atoms with van der Waals surface area (Å²) in [4.78, 5) is 4.35. The van der Waals surface area contributed by atoms with Crippen LogP contribution in [0.15, 0.2) is 40.2 Å². The van der Waals surface area contributed by atoms with Crippen LogP contribution >= 0.6 is 11.8 Å². The second-order valence-electron chi connectivity index (χ2n) is 3.54.